The fourth-order valence-corrected chi connectivity index (χ4v) is 3.80. The molecule has 0 radical (unpaired) electrons. The zero-order chi connectivity index (χ0) is 20.8. The summed E-state index contributed by atoms with van der Waals surface area (Å²) in [5.74, 6) is 0. The molecule has 0 saturated carbocycles. The summed E-state index contributed by atoms with van der Waals surface area (Å²) >= 11 is -1.31. The summed E-state index contributed by atoms with van der Waals surface area (Å²) in [6.07, 6.45) is 1.53. The molecular weight excluding hydrogens is 384 g/mol. The maximum Gasteiger partial charge on any atom is 0.331 e. The van der Waals surface area contributed by atoms with Gasteiger partial charge in [-0.05, 0) is 28.9 Å². The van der Waals surface area contributed by atoms with Gasteiger partial charge in [0.15, 0.2) is 4.90 Å². The van der Waals surface area contributed by atoms with Gasteiger partial charge in [0.25, 0.3) is 5.56 Å². The van der Waals surface area contributed by atoms with Crippen LogP contribution in [0, 0.1) is 0 Å². The van der Waals surface area contributed by atoms with Crippen LogP contribution in [-0.2, 0) is 24.8 Å². The van der Waals surface area contributed by atoms with Gasteiger partial charge in [0, 0.05) is 7.05 Å². The molecule has 1 unspecified atom stereocenters. The summed E-state index contributed by atoms with van der Waals surface area (Å²) < 4.78 is 14.6. The second-order valence-electron chi connectivity index (χ2n) is 6.48. The lowest BCUT2D eigenvalue weighted by molar-refractivity contribution is 0.601. The molecule has 29 heavy (non-hydrogen) atoms. The molecule has 0 saturated heterocycles. The van der Waals surface area contributed by atoms with Crippen molar-refractivity contribution in [2.24, 2.45) is 7.05 Å². The Balaban J connectivity index is 0.000000343. The highest BCUT2D eigenvalue weighted by Gasteiger charge is 2.19. The van der Waals surface area contributed by atoms with Gasteiger partial charge in [0.05, 0.1) is 12.1 Å². The molecule has 0 fully saturated rings. The van der Waals surface area contributed by atoms with Crippen molar-refractivity contribution in [3.8, 4) is 0 Å². The number of rotatable bonds is 3. The van der Waals surface area contributed by atoms with Crippen LogP contribution in [0.5, 0.6) is 0 Å². The Hall–Kier alpha value is -3.09. The van der Waals surface area contributed by atoms with Gasteiger partial charge in [0.1, 0.15) is 11.6 Å². The van der Waals surface area contributed by atoms with E-state index in [4.69, 9.17) is 0 Å². The van der Waals surface area contributed by atoms with Gasteiger partial charge < -0.3 is 4.55 Å². The van der Waals surface area contributed by atoms with Crippen LogP contribution in [0.15, 0.2) is 99.4 Å². The van der Waals surface area contributed by atoms with Gasteiger partial charge in [-0.3, -0.25) is 13.9 Å². The van der Waals surface area contributed by atoms with Crippen LogP contribution in [0.3, 0.4) is 0 Å². The van der Waals surface area contributed by atoms with Crippen LogP contribution in [-0.4, -0.2) is 19.9 Å². The molecular formula is C23H22N2O3S. The molecule has 0 aliphatic carbocycles. The van der Waals surface area contributed by atoms with Crippen molar-refractivity contribution in [2.45, 2.75) is 11.4 Å². The van der Waals surface area contributed by atoms with Gasteiger partial charge in [0.2, 0.25) is 0 Å². The monoisotopic (exact) mass is 406 g/mol. The van der Waals surface area contributed by atoms with E-state index in [0.717, 1.165) is 5.56 Å². The molecule has 0 aliphatic rings. The van der Waals surface area contributed by atoms with Crippen LogP contribution in [0.4, 0.5) is 0 Å². The normalized spacial score (nSPS) is 11.6. The van der Waals surface area contributed by atoms with Crippen molar-refractivity contribution < 1.29 is 4.55 Å². The van der Waals surface area contributed by atoms with Crippen molar-refractivity contribution in [2.75, 3.05) is 6.26 Å². The van der Waals surface area contributed by atoms with Gasteiger partial charge in [-0.1, -0.05) is 72.8 Å². The molecule has 148 valence electrons. The minimum atomic E-state index is -1.31. The molecule has 5 nitrogen and oxygen atoms in total. The van der Waals surface area contributed by atoms with E-state index in [2.05, 4.69) is 0 Å². The van der Waals surface area contributed by atoms with Crippen molar-refractivity contribution in [3.63, 3.8) is 0 Å². The number of benzene rings is 3. The Bertz CT molecular complexity index is 1170. The summed E-state index contributed by atoms with van der Waals surface area (Å²) in [6, 6.07) is 26.4. The zero-order valence-corrected chi connectivity index (χ0v) is 17.1. The van der Waals surface area contributed by atoms with Gasteiger partial charge >= 0.3 is 5.69 Å². The van der Waals surface area contributed by atoms with E-state index in [1.807, 2.05) is 66.7 Å². The van der Waals surface area contributed by atoms with E-state index in [9.17, 15) is 14.1 Å². The summed E-state index contributed by atoms with van der Waals surface area (Å²) in [5, 5.41) is 0.339. The minimum Gasteiger partial charge on any atom is -0.612 e. The minimum absolute atomic E-state index is 0.187. The Morgan fingerprint density at radius 3 is 1.93 bits per heavy atom. The first kappa shape index (κ1) is 20.6. The molecule has 1 aromatic heterocycles. The third kappa shape index (κ3) is 4.67. The van der Waals surface area contributed by atoms with Gasteiger partial charge in [-0.15, -0.1) is 0 Å². The second-order valence-corrected chi connectivity index (χ2v) is 7.83. The first-order chi connectivity index (χ1) is 14.0. The standard InChI is InChI=1S/C17H16N2O3S.C6H6/c1-18-13-9-6-10-14(23(2)22)15(13)16(20)19(17(18)21)11-12-7-4-3-5-8-12;1-2-4-6-5-3-1/h3-10H,11H2,1-2H3;1-6H. The third-order valence-corrected chi connectivity index (χ3v) is 5.46. The summed E-state index contributed by atoms with van der Waals surface area (Å²) in [4.78, 5) is 25.8. The van der Waals surface area contributed by atoms with Crippen LogP contribution >= 0.6 is 0 Å². The molecule has 0 aliphatic heterocycles. The van der Waals surface area contributed by atoms with E-state index in [-0.39, 0.29) is 12.2 Å². The summed E-state index contributed by atoms with van der Waals surface area (Å²) in [7, 11) is 1.62. The molecule has 0 bridgehead atoms. The quantitative estimate of drug-likeness (QED) is 0.491. The lowest BCUT2D eigenvalue weighted by Crippen LogP contribution is -2.39. The molecule has 0 amide bonds. The van der Waals surface area contributed by atoms with Crippen LogP contribution < -0.4 is 11.2 Å². The number of fused-ring (bicyclic) bond motifs is 1. The highest BCUT2D eigenvalue weighted by Crippen LogP contribution is 2.18. The van der Waals surface area contributed by atoms with Crippen molar-refractivity contribution >= 4 is 22.1 Å². The number of aryl methyl sites for hydroxylation is 1. The topological polar surface area (TPSA) is 67.1 Å². The van der Waals surface area contributed by atoms with Crippen LogP contribution in [0.2, 0.25) is 0 Å². The van der Waals surface area contributed by atoms with E-state index >= 15 is 0 Å². The van der Waals surface area contributed by atoms with E-state index in [0.29, 0.717) is 15.8 Å². The molecule has 1 atom stereocenters. The van der Waals surface area contributed by atoms with Crippen LogP contribution in [0.1, 0.15) is 5.56 Å². The predicted molar refractivity (Wildman–Crippen MR) is 118 cm³/mol. The average Bonchev–Trinajstić information content (AvgIpc) is 2.77. The van der Waals surface area contributed by atoms with E-state index in [1.165, 1.54) is 15.4 Å². The first-order valence-electron chi connectivity index (χ1n) is 9.10. The Labute approximate surface area is 172 Å². The molecule has 6 heteroatoms. The largest absolute Gasteiger partial charge is 0.612 e. The van der Waals surface area contributed by atoms with E-state index < -0.39 is 16.7 Å². The maximum absolute atomic E-state index is 12.8. The molecule has 4 rings (SSSR count). The first-order valence-corrected chi connectivity index (χ1v) is 10.7. The average molecular weight is 407 g/mol. The van der Waals surface area contributed by atoms with Crippen molar-refractivity contribution in [1.82, 2.24) is 9.13 Å². The molecule has 0 N–H and O–H groups in total. The Morgan fingerprint density at radius 1 is 0.828 bits per heavy atom. The number of aromatic nitrogens is 2. The lowest BCUT2D eigenvalue weighted by Gasteiger charge is -2.13. The molecule has 4 aromatic rings. The highest BCUT2D eigenvalue weighted by molar-refractivity contribution is 7.91. The lowest BCUT2D eigenvalue weighted by atomic mass is 10.2. The predicted octanol–water partition coefficient (Wildman–Crippen LogP) is 3.17. The number of hydrogen-bond acceptors (Lipinski definition) is 3. The van der Waals surface area contributed by atoms with Gasteiger partial charge in [-0.2, -0.15) is 0 Å². The molecule has 3 aromatic carbocycles. The smallest absolute Gasteiger partial charge is 0.331 e. The summed E-state index contributed by atoms with van der Waals surface area (Å²) in [5.41, 5.74) is 0.571. The van der Waals surface area contributed by atoms with Crippen LogP contribution in [0.25, 0.3) is 10.9 Å². The highest BCUT2D eigenvalue weighted by atomic mass is 32.2. The Morgan fingerprint density at radius 2 is 1.38 bits per heavy atom. The SMILES string of the molecule is Cn1c(=O)n(Cc2ccccc2)c(=O)c2c([S+](C)[O-])cccc21.c1ccccc1. The van der Waals surface area contributed by atoms with Crippen molar-refractivity contribution in [3.05, 3.63) is 111 Å². The van der Waals surface area contributed by atoms with Crippen molar-refractivity contribution in [1.29, 1.82) is 0 Å². The van der Waals surface area contributed by atoms with Gasteiger partial charge in [-0.25, -0.2) is 4.79 Å². The summed E-state index contributed by atoms with van der Waals surface area (Å²) in [6.45, 7) is 0.187. The zero-order valence-electron chi connectivity index (χ0n) is 16.3. The molecule has 0 spiro atoms. The Kier molecular flexibility index (Phi) is 6.69. The second kappa shape index (κ2) is 9.41. The third-order valence-electron chi connectivity index (χ3n) is 4.50. The maximum atomic E-state index is 12.8. The molecule has 1 heterocycles. The fourth-order valence-electron chi connectivity index (χ4n) is 3.05. The van der Waals surface area contributed by atoms with E-state index in [1.54, 1.807) is 25.2 Å². The number of nitrogens with zero attached hydrogens (tertiary/aromatic N) is 2. The number of hydrogen-bond donors (Lipinski definition) is 0. The fraction of sp³-hybridized carbons (Fsp3) is 0.130.